The Balaban J connectivity index is 2.33. The molecule has 0 aliphatic carbocycles. The molecule has 1 atom stereocenters. The van der Waals surface area contributed by atoms with Gasteiger partial charge in [-0.15, -0.1) is 0 Å². The first-order chi connectivity index (χ1) is 7.08. The molecule has 1 rings (SSSR count). The maximum atomic E-state index is 9.56. The van der Waals surface area contributed by atoms with Gasteiger partial charge in [0.25, 0.3) is 0 Å². The van der Waals surface area contributed by atoms with Gasteiger partial charge in [-0.3, -0.25) is 0 Å². The molecule has 0 aromatic heterocycles. The fourth-order valence-electron chi connectivity index (χ4n) is 1.35. The molecule has 84 valence electrons. The zero-order chi connectivity index (χ0) is 11.3. The summed E-state index contributed by atoms with van der Waals surface area (Å²) in [6.07, 6.45) is 0.303. The first kappa shape index (κ1) is 11.9. The predicted octanol–water partition coefficient (Wildman–Crippen LogP) is 2.18. The van der Waals surface area contributed by atoms with E-state index >= 15 is 0 Å². The molecule has 0 saturated carbocycles. The number of phenols is 1. The molecule has 0 saturated heterocycles. The van der Waals surface area contributed by atoms with Gasteiger partial charge in [0.2, 0.25) is 0 Å². The fraction of sp³-hybridized carbons (Fsp3) is 0.500. The van der Waals surface area contributed by atoms with Crippen molar-refractivity contribution in [2.75, 3.05) is 6.61 Å². The molecule has 3 nitrogen and oxygen atoms in total. The molecule has 15 heavy (non-hydrogen) atoms. The van der Waals surface area contributed by atoms with Crippen LogP contribution in [0.25, 0.3) is 0 Å². The molecule has 0 radical (unpaired) electrons. The second-order valence-electron chi connectivity index (χ2n) is 4.09. The van der Waals surface area contributed by atoms with E-state index in [1.165, 1.54) is 0 Å². The highest BCUT2D eigenvalue weighted by Gasteiger charge is 2.07. The Morgan fingerprint density at radius 1 is 1.20 bits per heavy atom. The molecule has 0 aliphatic rings. The number of benzene rings is 1. The fourth-order valence-corrected chi connectivity index (χ4v) is 1.35. The summed E-state index contributed by atoms with van der Waals surface area (Å²) in [6.45, 7) is 4.41. The van der Waals surface area contributed by atoms with E-state index in [4.69, 9.17) is 9.84 Å². The van der Waals surface area contributed by atoms with Gasteiger partial charge < -0.3 is 14.9 Å². The summed E-state index contributed by atoms with van der Waals surface area (Å²) in [6, 6.07) is 6.48. The van der Waals surface area contributed by atoms with Crippen LogP contribution in [0.5, 0.6) is 11.5 Å². The topological polar surface area (TPSA) is 49.7 Å². The van der Waals surface area contributed by atoms with Crippen LogP contribution >= 0.6 is 0 Å². The molecule has 0 amide bonds. The van der Waals surface area contributed by atoms with Gasteiger partial charge in [0.1, 0.15) is 18.1 Å². The van der Waals surface area contributed by atoms with Crippen LogP contribution < -0.4 is 4.74 Å². The highest BCUT2D eigenvalue weighted by Crippen LogP contribution is 2.16. The Hall–Kier alpha value is -1.22. The Morgan fingerprint density at radius 2 is 1.80 bits per heavy atom. The van der Waals surface area contributed by atoms with E-state index in [2.05, 4.69) is 13.8 Å². The average molecular weight is 210 g/mol. The lowest BCUT2D eigenvalue weighted by molar-refractivity contribution is 0.0892. The van der Waals surface area contributed by atoms with Crippen molar-refractivity contribution in [2.45, 2.75) is 26.4 Å². The minimum Gasteiger partial charge on any atom is -0.508 e. The number of hydrogen-bond acceptors (Lipinski definition) is 3. The van der Waals surface area contributed by atoms with Gasteiger partial charge >= 0.3 is 0 Å². The van der Waals surface area contributed by atoms with Crippen molar-refractivity contribution in [1.82, 2.24) is 0 Å². The lowest BCUT2D eigenvalue weighted by atomic mass is 10.1. The summed E-state index contributed by atoms with van der Waals surface area (Å²) >= 11 is 0. The van der Waals surface area contributed by atoms with Crippen molar-refractivity contribution in [1.29, 1.82) is 0 Å². The molecule has 0 bridgehead atoms. The molecule has 1 aromatic rings. The van der Waals surface area contributed by atoms with E-state index in [0.717, 1.165) is 6.42 Å². The lowest BCUT2D eigenvalue weighted by Crippen LogP contribution is -2.19. The highest BCUT2D eigenvalue weighted by molar-refractivity contribution is 5.30. The standard InChI is InChI=1S/C12H18O3/c1-9(2)7-11(14)8-15-12-5-3-10(13)4-6-12/h3-6,9,11,13-14H,7-8H2,1-2H3. The van der Waals surface area contributed by atoms with E-state index in [9.17, 15) is 5.11 Å². The van der Waals surface area contributed by atoms with Crippen molar-refractivity contribution in [3.05, 3.63) is 24.3 Å². The van der Waals surface area contributed by atoms with E-state index in [0.29, 0.717) is 18.3 Å². The molecule has 3 heteroatoms. The quantitative estimate of drug-likeness (QED) is 0.783. The summed E-state index contributed by atoms with van der Waals surface area (Å²) in [5.41, 5.74) is 0. The van der Waals surface area contributed by atoms with Crippen LogP contribution in [-0.4, -0.2) is 22.9 Å². The molecular formula is C12H18O3. The van der Waals surface area contributed by atoms with Crippen LogP contribution in [0.4, 0.5) is 0 Å². The number of aromatic hydroxyl groups is 1. The number of aliphatic hydroxyl groups is 1. The van der Waals surface area contributed by atoms with Crippen molar-refractivity contribution < 1.29 is 14.9 Å². The largest absolute Gasteiger partial charge is 0.508 e. The van der Waals surface area contributed by atoms with Gasteiger partial charge in [-0.25, -0.2) is 0 Å². The number of phenolic OH excluding ortho intramolecular Hbond substituents is 1. The highest BCUT2D eigenvalue weighted by atomic mass is 16.5. The molecular weight excluding hydrogens is 192 g/mol. The van der Waals surface area contributed by atoms with Gasteiger partial charge in [-0.2, -0.15) is 0 Å². The SMILES string of the molecule is CC(C)CC(O)COc1ccc(O)cc1. The van der Waals surface area contributed by atoms with Crippen LogP contribution in [0.3, 0.4) is 0 Å². The van der Waals surface area contributed by atoms with Gasteiger partial charge in [-0.05, 0) is 36.6 Å². The average Bonchev–Trinajstić information content (AvgIpc) is 2.16. The minimum absolute atomic E-state index is 0.213. The van der Waals surface area contributed by atoms with E-state index < -0.39 is 6.10 Å². The van der Waals surface area contributed by atoms with Crippen LogP contribution in [0.2, 0.25) is 0 Å². The number of rotatable bonds is 5. The Bertz CT molecular complexity index is 279. The van der Waals surface area contributed by atoms with Gasteiger partial charge in [0, 0.05) is 0 Å². The van der Waals surface area contributed by atoms with Crippen LogP contribution in [-0.2, 0) is 0 Å². The van der Waals surface area contributed by atoms with Gasteiger partial charge in [-0.1, -0.05) is 13.8 Å². The third-order valence-electron chi connectivity index (χ3n) is 2.02. The van der Waals surface area contributed by atoms with Gasteiger partial charge in [0.05, 0.1) is 6.10 Å². The molecule has 1 unspecified atom stereocenters. The summed E-state index contributed by atoms with van der Waals surface area (Å²) in [4.78, 5) is 0. The van der Waals surface area contributed by atoms with Crippen molar-refractivity contribution >= 4 is 0 Å². The minimum atomic E-state index is -0.432. The van der Waals surface area contributed by atoms with Crippen LogP contribution in [0.15, 0.2) is 24.3 Å². The number of aliphatic hydroxyl groups excluding tert-OH is 1. The first-order valence-corrected chi connectivity index (χ1v) is 5.18. The molecule has 0 spiro atoms. The number of ether oxygens (including phenoxy) is 1. The molecule has 0 aliphatic heterocycles. The second-order valence-corrected chi connectivity index (χ2v) is 4.09. The zero-order valence-electron chi connectivity index (χ0n) is 9.18. The van der Waals surface area contributed by atoms with Gasteiger partial charge in [0.15, 0.2) is 0 Å². The predicted molar refractivity (Wildman–Crippen MR) is 59.1 cm³/mol. The summed E-state index contributed by atoms with van der Waals surface area (Å²) < 4.78 is 5.36. The number of hydrogen-bond donors (Lipinski definition) is 2. The van der Waals surface area contributed by atoms with Crippen LogP contribution in [0.1, 0.15) is 20.3 Å². The van der Waals surface area contributed by atoms with E-state index in [1.807, 2.05) is 0 Å². The zero-order valence-corrected chi connectivity index (χ0v) is 9.18. The van der Waals surface area contributed by atoms with Crippen molar-refractivity contribution in [3.8, 4) is 11.5 Å². The summed E-state index contributed by atoms with van der Waals surface area (Å²) in [7, 11) is 0. The maximum Gasteiger partial charge on any atom is 0.119 e. The molecule has 1 aromatic carbocycles. The lowest BCUT2D eigenvalue weighted by Gasteiger charge is -2.14. The second kappa shape index (κ2) is 5.61. The first-order valence-electron chi connectivity index (χ1n) is 5.18. The Labute approximate surface area is 90.3 Å². The van der Waals surface area contributed by atoms with Crippen molar-refractivity contribution in [2.24, 2.45) is 5.92 Å². The normalized spacial score (nSPS) is 12.8. The Kier molecular flexibility index (Phi) is 4.43. The van der Waals surface area contributed by atoms with Crippen LogP contribution in [0, 0.1) is 5.92 Å². The molecule has 0 heterocycles. The molecule has 0 fully saturated rings. The Morgan fingerprint density at radius 3 is 2.33 bits per heavy atom. The van der Waals surface area contributed by atoms with Crippen molar-refractivity contribution in [3.63, 3.8) is 0 Å². The van der Waals surface area contributed by atoms with E-state index in [1.54, 1.807) is 24.3 Å². The van der Waals surface area contributed by atoms with E-state index in [-0.39, 0.29) is 5.75 Å². The summed E-state index contributed by atoms with van der Waals surface area (Å²) in [5.74, 6) is 1.34. The smallest absolute Gasteiger partial charge is 0.119 e. The monoisotopic (exact) mass is 210 g/mol. The third kappa shape index (κ3) is 4.70. The molecule has 2 N–H and O–H groups in total. The third-order valence-corrected chi connectivity index (χ3v) is 2.02. The maximum absolute atomic E-state index is 9.56. The summed E-state index contributed by atoms with van der Waals surface area (Å²) in [5, 5.41) is 18.6.